The number of ketones is 1. The Morgan fingerprint density at radius 3 is 2.64 bits per heavy atom. The molecule has 0 aromatic carbocycles. The average molecular weight is 393 g/mol. The summed E-state index contributed by atoms with van der Waals surface area (Å²) in [4.78, 5) is 47.7. The van der Waals surface area contributed by atoms with Gasteiger partial charge in [0.25, 0.3) is 0 Å². The molecule has 0 radical (unpaired) electrons. The van der Waals surface area contributed by atoms with Gasteiger partial charge in [0.1, 0.15) is 18.7 Å². The van der Waals surface area contributed by atoms with Crippen LogP contribution in [-0.4, -0.2) is 52.0 Å². The summed E-state index contributed by atoms with van der Waals surface area (Å²) in [7, 11) is 0. The number of aromatic nitrogens is 1. The van der Waals surface area contributed by atoms with Crippen LogP contribution < -0.4 is 11.1 Å². The van der Waals surface area contributed by atoms with Crippen LogP contribution in [0.15, 0.2) is 18.5 Å². The second kappa shape index (κ2) is 8.55. The maximum Gasteiger partial charge on any atom is 0.337 e. The monoisotopic (exact) mass is 393 g/mol. The molecule has 9 nitrogen and oxygen atoms in total. The molecular weight excluding hydrogens is 366 g/mol. The number of nitrogens with zero attached hydrogens (tertiary/aromatic N) is 1. The Hall–Kier alpha value is -2.68. The Labute approximate surface area is 163 Å². The van der Waals surface area contributed by atoms with E-state index in [1.807, 2.05) is 6.92 Å². The molecule has 3 unspecified atom stereocenters. The van der Waals surface area contributed by atoms with Gasteiger partial charge in [-0.15, -0.1) is 0 Å². The third kappa shape index (κ3) is 5.19. The number of amides is 2. The van der Waals surface area contributed by atoms with Gasteiger partial charge in [0.15, 0.2) is 5.78 Å². The fraction of sp³-hybridized carbons (Fsp3) is 0.579. The zero-order chi connectivity index (χ0) is 21.1. The Bertz CT molecular complexity index is 769. The lowest BCUT2D eigenvalue weighted by Gasteiger charge is -2.30. The lowest BCUT2D eigenvalue weighted by atomic mass is 9.82. The molecule has 3 atom stereocenters. The Morgan fingerprint density at radius 1 is 1.43 bits per heavy atom. The Kier molecular flexibility index (Phi) is 6.60. The van der Waals surface area contributed by atoms with Crippen LogP contribution in [0.3, 0.4) is 0 Å². The van der Waals surface area contributed by atoms with Crippen molar-refractivity contribution < 1.29 is 29.0 Å². The molecule has 0 saturated carbocycles. The standard InChI is InChI=1S/C19H27N3O6/c1-4-14-16(13(23)10-28-14)21-17(25)12(7-19(2,3)8-15(20)24)22-6-5-11(9-22)18(26)27/h5-6,9,12,14,16H,4,7-8,10H2,1-3H3,(H2,20,24)(H,21,25)(H,26,27). The van der Waals surface area contributed by atoms with E-state index in [1.165, 1.54) is 23.0 Å². The topological polar surface area (TPSA) is 141 Å². The first kappa shape index (κ1) is 21.6. The van der Waals surface area contributed by atoms with Crippen molar-refractivity contribution in [3.63, 3.8) is 0 Å². The summed E-state index contributed by atoms with van der Waals surface area (Å²) < 4.78 is 6.88. The predicted octanol–water partition coefficient (Wildman–Crippen LogP) is 0.882. The molecule has 2 heterocycles. The van der Waals surface area contributed by atoms with Crippen molar-refractivity contribution in [2.24, 2.45) is 11.1 Å². The minimum Gasteiger partial charge on any atom is -0.478 e. The molecule has 1 fully saturated rings. The highest BCUT2D eigenvalue weighted by atomic mass is 16.5. The van der Waals surface area contributed by atoms with Crippen LogP contribution in [0, 0.1) is 5.41 Å². The number of carboxylic acids is 1. The number of hydrogen-bond acceptors (Lipinski definition) is 5. The number of nitrogens with one attached hydrogen (secondary N) is 1. The van der Waals surface area contributed by atoms with Crippen LogP contribution in [0.2, 0.25) is 0 Å². The fourth-order valence-electron chi connectivity index (χ4n) is 3.49. The molecule has 2 amide bonds. The molecule has 1 saturated heterocycles. The Morgan fingerprint density at radius 2 is 2.11 bits per heavy atom. The number of primary amides is 1. The lowest BCUT2D eigenvalue weighted by Crippen LogP contribution is -2.47. The summed E-state index contributed by atoms with van der Waals surface area (Å²) >= 11 is 0. The van der Waals surface area contributed by atoms with Crippen molar-refractivity contribution in [1.29, 1.82) is 0 Å². The van der Waals surface area contributed by atoms with Crippen LogP contribution in [0.1, 0.15) is 56.4 Å². The molecular formula is C19H27N3O6. The van der Waals surface area contributed by atoms with Gasteiger partial charge in [-0.2, -0.15) is 0 Å². The molecule has 1 aromatic rings. The van der Waals surface area contributed by atoms with Crippen LogP contribution in [0.4, 0.5) is 0 Å². The van der Waals surface area contributed by atoms with E-state index in [9.17, 15) is 19.2 Å². The van der Waals surface area contributed by atoms with Crippen molar-refractivity contribution in [3.05, 3.63) is 24.0 Å². The summed E-state index contributed by atoms with van der Waals surface area (Å²) in [6, 6.07) is -0.162. The number of carboxylic acid groups (broad SMARTS) is 1. The molecule has 9 heteroatoms. The first-order chi connectivity index (χ1) is 13.0. The smallest absolute Gasteiger partial charge is 0.337 e. The van der Waals surface area contributed by atoms with Gasteiger partial charge in [-0.05, 0) is 24.3 Å². The first-order valence-corrected chi connectivity index (χ1v) is 9.18. The molecule has 154 valence electrons. The molecule has 0 bridgehead atoms. The summed E-state index contributed by atoms with van der Waals surface area (Å²) in [6.45, 7) is 5.42. The van der Waals surface area contributed by atoms with Crippen molar-refractivity contribution >= 4 is 23.6 Å². The van der Waals surface area contributed by atoms with E-state index >= 15 is 0 Å². The van der Waals surface area contributed by atoms with Gasteiger partial charge in [0.05, 0.1) is 11.7 Å². The molecule has 1 aliphatic rings. The van der Waals surface area contributed by atoms with E-state index in [4.69, 9.17) is 15.6 Å². The number of Topliss-reactive ketones (excluding diaryl/α,β-unsaturated/α-hetero) is 1. The molecule has 28 heavy (non-hydrogen) atoms. The molecule has 2 rings (SSSR count). The summed E-state index contributed by atoms with van der Waals surface area (Å²) in [5.74, 6) is -2.24. The average Bonchev–Trinajstić information content (AvgIpc) is 3.19. The fourth-order valence-corrected chi connectivity index (χ4v) is 3.49. The molecule has 1 aliphatic heterocycles. The SMILES string of the molecule is CCC1OCC(=O)C1NC(=O)C(CC(C)(C)CC(N)=O)n1ccc(C(=O)O)c1. The largest absolute Gasteiger partial charge is 0.478 e. The number of hydrogen-bond donors (Lipinski definition) is 3. The van der Waals surface area contributed by atoms with Crippen LogP contribution in [-0.2, 0) is 19.1 Å². The van der Waals surface area contributed by atoms with Gasteiger partial charge >= 0.3 is 5.97 Å². The van der Waals surface area contributed by atoms with Crippen LogP contribution in [0.25, 0.3) is 0 Å². The second-order valence-corrected chi connectivity index (χ2v) is 7.89. The van der Waals surface area contributed by atoms with Crippen LogP contribution in [0.5, 0.6) is 0 Å². The van der Waals surface area contributed by atoms with Crippen LogP contribution >= 0.6 is 0 Å². The third-order valence-corrected chi connectivity index (χ3v) is 4.88. The number of nitrogens with two attached hydrogens (primary N) is 1. The first-order valence-electron chi connectivity index (χ1n) is 9.18. The summed E-state index contributed by atoms with van der Waals surface area (Å²) in [5, 5.41) is 11.9. The highest BCUT2D eigenvalue weighted by Crippen LogP contribution is 2.32. The van der Waals surface area contributed by atoms with Crippen molar-refractivity contribution in [2.75, 3.05) is 6.61 Å². The number of carbonyl (C=O) groups excluding carboxylic acids is 3. The number of ether oxygens (including phenoxy) is 1. The summed E-state index contributed by atoms with van der Waals surface area (Å²) in [6.07, 6.45) is 3.33. The maximum atomic E-state index is 13.0. The highest BCUT2D eigenvalue weighted by Gasteiger charge is 2.38. The zero-order valence-corrected chi connectivity index (χ0v) is 16.3. The minimum absolute atomic E-state index is 0.0391. The molecule has 0 aliphatic carbocycles. The third-order valence-electron chi connectivity index (χ3n) is 4.88. The Balaban J connectivity index is 2.28. The molecule has 0 spiro atoms. The lowest BCUT2D eigenvalue weighted by molar-refractivity contribution is -0.130. The van der Waals surface area contributed by atoms with Gasteiger partial charge in [-0.3, -0.25) is 14.4 Å². The van der Waals surface area contributed by atoms with E-state index in [0.29, 0.717) is 6.42 Å². The van der Waals surface area contributed by atoms with E-state index in [2.05, 4.69) is 5.32 Å². The van der Waals surface area contributed by atoms with Gasteiger partial charge in [-0.1, -0.05) is 20.8 Å². The number of aromatic carboxylic acids is 1. The zero-order valence-electron chi connectivity index (χ0n) is 16.3. The van der Waals surface area contributed by atoms with Crippen molar-refractivity contribution in [2.45, 2.75) is 58.2 Å². The van der Waals surface area contributed by atoms with Gasteiger partial charge in [-0.25, -0.2) is 4.79 Å². The quantitative estimate of drug-likeness (QED) is 0.569. The normalized spacial score (nSPS) is 20.8. The summed E-state index contributed by atoms with van der Waals surface area (Å²) in [5.41, 5.74) is 4.74. The van der Waals surface area contributed by atoms with E-state index < -0.39 is 41.4 Å². The van der Waals surface area contributed by atoms with Gasteiger partial charge in [0, 0.05) is 18.8 Å². The molecule has 1 aromatic heterocycles. The number of carbonyl (C=O) groups is 4. The highest BCUT2D eigenvalue weighted by molar-refractivity contribution is 5.93. The van der Waals surface area contributed by atoms with E-state index in [0.717, 1.165) is 0 Å². The van der Waals surface area contributed by atoms with E-state index in [-0.39, 0.29) is 30.8 Å². The van der Waals surface area contributed by atoms with Crippen molar-refractivity contribution in [1.82, 2.24) is 9.88 Å². The van der Waals surface area contributed by atoms with Gasteiger partial charge in [0.2, 0.25) is 11.8 Å². The predicted molar refractivity (Wildman–Crippen MR) is 99.6 cm³/mol. The minimum atomic E-state index is -1.11. The van der Waals surface area contributed by atoms with Gasteiger partial charge < -0.3 is 25.5 Å². The molecule has 4 N–H and O–H groups in total. The van der Waals surface area contributed by atoms with E-state index in [1.54, 1.807) is 13.8 Å². The maximum absolute atomic E-state index is 13.0. The second-order valence-electron chi connectivity index (χ2n) is 7.89. The number of rotatable bonds is 9. The van der Waals surface area contributed by atoms with Crippen molar-refractivity contribution in [3.8, 4) is 0 Å².